The Morgan fingerprint density at radius 2 is 0.484 bits per heavy atom. The number of carbonyl (C=O) groups excluding carboxylic acids is 4. The van der Waals surface area contributed by atoms with Crippen molar-refractivity contribution in [1.82, 2.24) is 0 Å². The Morgan fingerprint density at radius 3 is 0.581 bits per heavy atom. The first-order chi connectivity index (χ1) is 11.6. The zero-order valence-corrected chi connectivity index (χ0v) is 14.7. The van der Waals surface area contributed by atoms with Gasteiger partial charge in [-0.25, -0.2) is 40.8 Å². The van der Waals surface area contributed by atoms with E-state index in [-0.39, 0.29) is 52.0 Å². The maximum atomic E-state index is 8.35. The van der Waals surface area contributed by atoms with Crippen molar-refractivity contribution >= 4 is 24.3 Å². The molecule has 0 aliphatic rings. The van der Waals surface area contributed by atoms with Gasteiger partial charge >= 0.3 is 0 Å². The third-order valence-electron chi connectivity index (χ3n) is 2.46. The predicted octanol–water partition coefficient (Wildman–Crippen LogP) is 8.98. The van der Waals surface area contributed by atoms with Crippen LogP contribution in [-0.4, -0.2) is 24.3 Å². The number of unbranched alkanes of at least 4 members (excludes halogenated alkanes) is 9. The highest BCUT2D eigenvalue weighted by Crippen LogP contribution is 2.09. The van der Waals surface area contributed by atoms with Gasteiger partial charge in [-0.15, -0.1) is 0 Å². The van der Waals surface area contributed by atoms with Crippen LogP contribution >= 0.6 is 0 Å². The summed E-state index contributed by atoms with van der Waals surface area (Å²) < 4.78 is 0. The lowest BCUT2D eigenvalue weighted by Crippen LogP contribution is -1.80. The monoisotopic (exact) mass is 454 g/mol. The largest absolute Gasteiger partial charge is 0.231 e. The van der Waals surface area contributed by atoms with Crippen LogP contribution in [0.1, 0.15) is 130 Å². The SMILES string of the molecule is C.C.C.C.C.C.C.CCCCCCCCCCCC.N=C=O.N=C=O.N=C=O.N=C=O. The third-order valence-corrected chi connectivity index (χ3v) is 2.46. The van der Waals surface area contributed by atoms with Crippen LogP contribution in [0.2, 0.25) is 0 Å². The smallest absolute Gasteiger partial charge is 0.222 e. The summed E-state index contributed by atoms with van der Waals surface area (Å²) in [5.41, 5.74) is 0. The lowest BCUT2D eigenvalue weighted by molar-refractivity contribution is 0.562. The molecule has 0 saturated carbocycles. The molecule has 0 heterocycles. The van der Waals surface area contributed by atoms with Crippen LogP contribution in [0.15, 0.2) is 0 Å². The van der Waals surface area contributed by atoms with Gasteiger partial charge in [-0.2, -0.15) is 0 Å². The Kier molecular flexibility index (Phi) is 372. The zero-order chi connectivity index (χ0) is 19.9. The van der Waals surface area contributed by atoms with E-state index in [1.165, 1.54) is 64.2 Å². The van der Waals surface area contributed by atoms with Gasteiger partial charge < -0.3 is 0 Å². The van der Waals surface area contributed by atoms with Crippen molar-refractivity contribution in [2.45, 2.75) is 130 Å². The Hall–Kier alpha value is -2.48. The second-order valence-electron chi connectivity index (χ2n) is 4.24. The number of isocyanates is 4. The first-order valence-corrected chi connectivity index (χ1v) is 7.73. The van der Waals surface area contributed by atoms with Gasteiger partial charge in [0.2, 0.25) is 24.3 Å². The molecule has 0 fully saturated rings. The molecular formula is C23H58N4O4. The minimum absolute atomic E-state index is 0. The van der Waals surface area contributed by atoms with Gasteiger partial charge in [0.25, 0.3) is 0 Å². The molecular weight excluding hydrogens is 396 g/mol. The number of hydrogen-bond donors (Lipinski definition) is 4. The summed E-state index contributed by atoms with van der Waals surface area (Å²) in [5.74, 6) is 0. The molecule has 0 bridgehead atoms. The van der Waals surface area contributed by atoms with Gasteiger partial charge in [0.05, 0.1) is 0 Å². The van der Waals surface area contributed by atoms with Crippen LogP contribution < -0.4 is 0 Å². The first kappa shape index (κ1) is 79.1. The molecule has 4 N–H and O–H groups in total. The molecule has 0 aromatic carbocycles. The van der Waals surface area contributed by atoms with E-state index < -0.39 is 0 Å². The highest BCUT2D eigenvalue weighted by molar-refractivity contribution is 5.26. The lowest BCUT2D eigenvalue weighted by atomic mass is 10.1. The summed E-state index contributed by atoms with van der Waals surface area (Å²) in [6, 6.07) is 0. The summed E-state index contributed by atoms with van der Waals surface area (Å²) in [4.78, 5) is 33.4. The van der Waals surface area contributed by atoms with Crippen LogP contribution in [-0.2, 0) is 19.2 Å². The van der Waals surface area contributed by atoms with Crippen molar-refractivity contribution in [1.29, 1.82) is 21.6 Å². The Labute approximate surface area is 195 Å². The van der Waals surface area contributed by atoms with E-state index in [0.29, 0.717) is 0 Å². The van der Waals surface area contributed by atoms with Gasteiger partial charge in [-0.1, -0.05) is 130 Å². The Bertz CT molecular complexity index is 281. The van der Waals surface area contributed by atoms with Gasteiger partial charge in [-0.05, 0) is 0 Å². The van der Waals surface area contributed by atoms with Crippen molar-refractivity contribution in [3.8, 4) is 0 Å². The van der Waals surface area contributed by atoms with Crippen LogP contribution in [0.5, 0.6) is 0 Å². The summed E-state index contributed by atoms with van der Waals surface area (Å²) in [6.45, 7) is 4.56. The predicted molar refractivity (Wildman–Crippen MR) is 138 cm³/mol. The maximum absolute atomic E-state index is 8.35. The van der Waals surface area contributed by atoms with Crippen LogP contribution in [0, 0.1) is 21.6 Å². The zero-order valence-electron chi connectivity index (χ0n) is 14.7. The summed E-state index contributed by atoms with van der Waals surface area (Å²) in [5, 5.41) is 21.6. The van der Waals surface area contributed by atoms with Gasteiger partial charge in [-0.3, -0.25) is 0 Å². The molecule has 0 amide bonds. The van der Waals surface area contributed by atoms with Crippen LogP contribution in [0.3, 0.4) is 0 Å². The fourth-order valence-corrected chi connectivity index (χ4v) is 1.56. The molecule has 0 aromatic heterocycles. The molecule has 0 unspecified atom stereocenters. The van der Waals surface area contributed by atoms with Gasteiger partial charge in [0.1, 0.15) is 0 Å². The van der Waals surface area contributed by atoms with Crippen molar-refractivity contribution in [3.05, 3.63) is 0 Å². The molecule has 0 radical (unpaired) electrons. The van der Waals surface area contributed by atoms with Gasteiger partial charge in [0.15, 0.2) is 0 Å². The molecule has 0 aliphatic heterocycles. The van der Waals surface area contributed by atoms with Crippen LogP contribution in [0.4, 0.5) is 0 Å². The summed E-state index contributed by atoms with van der Waals surface area (Å²) >= 11 is 0. The molecule has 0 aromatic rings. The van der Waals surface area contributed by atoms with Gasteiger partial charge in [0, 0.05) is 0 Å². The fraction of sp³-hybridized carbons (Fsp3) is 0.826. The Morgan fingerprint density at radius 1 is 0.387 bits per heavy atom. The average Bonchev–Trinajstić information content (AvgIpc) is 2.53. The van der Waals surface area contributed by atoms with Crippen molar-refractivity contribution in [2.75, 3.05) is 0 Å². The molecule has 0 aliphatic carbocycles. The van der Waals surface area contributed by atoms with Crippen molar-refractivity contribution in [3.63, 3.8) is 0 Å². The summed E-state index contributed by atoms with van der Waals surface area (Å²) in [6.07, 6.45) is 17.4. The average molecular weight is 455 g/mol. The molecule has 0 saturated heterocycles. The number of nitrogens with one attached hydrogen (secondary N) is 4. The topological polar surface area (TPSA) is 164 Å². The number of rotatable bonds is 9. The highest BCUT2D eigenvalue weighted by Gasteiger charge is 1.90. The molecule has 8 nitrogen and oxygen atoms in total. The lowest BCUT2D eigenvalue weighted by Gasteiger charge is -1.99. The van der Waals surface area contributed by atoms with Crippen LogP contribution in [0.25, 0.3) is 0 Å². The maximum Gasteiger partial charge on any atom is 0.231 e. The molecule has 194 valence electrons. The molecule has 8 heteroatoms. The van der Waals surface area contributed by atoms with E-state index >= 15 is 0 Å². The second-order valence-corrected chi connectivity index (χ2v) is 4.24. The minimum Gasteiger partial charge on any atom is -0.222 e. The van der Waals surface area contributed by atoms with E-state index in [0.717, 1.165) is 24.3 Å². The first-order valence-electron chi connectivity index (χ1n) is 7.73. The molecule has 0 atom stereocenters. The molecule has 31 heavy (non-hydrogen) atoms. The second kappa shape index (κ2) is 146. The van der Waals surface area contributed by atoms with Crippen molar-refractivity contribution < 1.29 is 19.2 Å². The molecule has 0 spiro atoms. The van der Waals surface area contributed by atoms with E-state index in [4.69, 9.17) is 40.8 Å². The third kappa shape index (κ3) is 422. The summed E-state index contributed by atoms with van der Waals surface area (Å²) in [7, 11) is 0. The number of hydrogen-bond acceptors (Lipinski definition) is 8. The molecule has 0 rings (SSSR count). The minimum atomic E-state index is 0. The standard InChI is InChI=1S/C12H26.4CHNO.7CH4/c1-3-5-7-9-11-12-10-8-6-4-2;4*2-1-3;;;;;;;/h3-12H2,1-2H3;4*2H;7*1H4. The Balaban J connectivity index is -0.0000000164. The quantitative estimate of drug-likeness (QED) is 0.155. The normalized spacial score (nSPS) is 5.10. The fourth-order valence-electron chi connectivity index (χ4n) is 1.56. The van der Waals surface area contributed by atoms with E-state index in [1.807, 2.05) is 0 Å². The van der Waals surface area contributed by atoms with E-state index in [2.05, 4.69) is 13.8 Å². The highest BCUT2D eigenvalue weighted by atomic mass is 16.1. The van der Waals surface area contributed by atoms with E-state index in [1.54, 1.807) is 0 Å². The van der Waals surface area contributed by atoms with Crippen molar-refractivity contribution in [2.24, 2.45) is 0 Å². The van der Waals surface area contributed by atoms with E-state index in [9.17, 15) is 0 Å².